The molecular weight excluding hydrogens is 192 g/mol. The number of hydrogen-bond acceptors (Lipinski definition) is 4. The molecule has 6 nitrogen and oxygen atoms in total. The number of nitrogens with zero attached hydrogens (tertiary/aromatic N) is 2. The Morgan fingerprint density at radius 1 is 1.38 bits per heavy atom. The molecule has 2 radical (unpaired) electrons. The first-order chi connectivity index (χ1) is 5.27. The number of anilines is 1. The summed E-state index contributed by atoms with van der Waals surface area (Å²) in [4.78, 5) is 23.5. The molecule has 4 N–H and O–H groups in total. The second-order valence-electron chi connectivity index (χ2n) is 2.05. The summed E-state index contributed by atoms with van der Waals surface area (Å²) in [6, 6.07) is 0. The van der Waals surface area contributed by atoms with Crippen LogP contribution in [-0.4, -0.2) is 79.1 Å². The summed E-state index contributed by atoms with van der Waals surface area (Å²) in [6.45, 7) is 0. The zero-order valence-electron chi connectivity index (χ0n) is 7.46. The van der Waals surface area contributed by atoms with Crippen molar-refractivity contribution in [2.45, 2.75) is 0 Å². The fraction of sp³-hybridized carbons (Fsp3) is 0. The number of aromatic nitrogens is 4. The summed E-state index contributed by atoms with van der Waals surface area (Å²) in [5, 5.41) is 0. The Hall–Kier alpha value is 0.150. The predicted molar refractivity (Wildman–Crippen MR) is 50.4 cm³/mol. The van der Waals surface area contributed by atoms with Crippen LogP contribution in [0.25, 0.3) is 11.2 Å². The van der Waals surface area contributed by atoms with E-state index in [-0.39, 0.29) is 70.6 Å². The minimum Gasteiger partial charge on any atom is -0.369 e. The van der Waals surface area contributed by atoms with Crippen molar-refractivity contribution < 1.29 is 0 Å². The molecule has 0 spiro atoms. The van der Waals surface area contributed by atoms with E-state index in [9.17, 15) is 4.79 Å². The van der Waals surface area contributed by atoms with Gasteiger partial charge in [-0.3, -0.25) is 9.78 Å². The molecule has 0 aliphatic carbocycles. The average molecular weight is 197 g/mol. The van der Waals surface area contributed by atoms with E-state index in [1.807, 2.05) is 0 Å². The number of nitrogens with one attached hydrogen (secondary N) is 2. The van der Waals surface area contributed by atoms with E-state index >= 15 is 0 Å². The maximum absolute atomic E-state index is 11.0. The molecule has 0 amide bonds. The van der Waals surface area contributed by atoms with E-state index in [1.165, 1.54) is 6.33 Å². The van der Waals surface area contributed by atoms with Gasteiger partial charge in [0.1, 0.15) is 0 Å². The minimum atomic E-state index is -0.301. The SMILES string of the molecule is Nc1nc2nc[nH]c2c(=O)[nH]1.[Na].[Na]. The predicted octanol–water partition coefficient (Wildman–Crippen LogP) is -1.53. The van der Waals surface area contributed by atoms with E-state index in [1.54, 1.807) is 0 Å². The third-order valence-electron chi connectivity index (χ3n) is 1.31. The zero-order valence-corrected chi connectivity index (χ0v) is 11.5. The van der Waals surface area contributed by atoms with Crippen LogP contribution < -0.4 is 11.3 Å². The molecule has 0 aromatic carbocycles. The first kappa shape index (κ1) is 13.2. The Kier molecular flexibility index (Phi) is 5.19. The number of rotatable bonds is 0. The molecular formula is C5H5N5Na2O. The Bertz CT molecular complexity index is 449. The normalized spacial score (nSPS) is 8.92. The van der Waals surface area contributed by atoms with Crippen LogP contribution in [0.3, 0.4) is 0 Å². The topological polar surface area (TPSA) is 100 Å². The molecule has 13 heavy (non-hydrogen) atoms. The number of nitrogens with two attached hydrogens (primary N) is 1. The van der Waals surface area contributed by atoms with Crippen LogP contribution in [0.15, 0.2) is 11.1 Å². The van der Waals surface area contributed by atoms with Crippen LogP contribution in [-0.2, 0) is 0 Å². The van der Waals surface area contributed by atoms with E-state index < -0.39 is 0 Å². The third kappa shape index (κ3) is 2.55. The van der Waals surface area contributed by atoms with Crippen molar-refractivity contribution in [2.24, 2.45) is 0 Å². The number of H-pyrrole nitrogens is 2. The number of fused-ring (bicyclic) bond motifs is 1. The number of aromatic amines is 2. The van der Waals surface area contributed by atoms with Crippen LogP contribution in [0.5, 0.6) is 0 Å². The largest absolute Gasteiger partial charge is 0.369 e. The summed E-state index contributed by atoms with van der Waals surface area (Å²) >= 11 is 0. The van der Waals surface area contributed by atoms with Crippen molar-refractivity contribution in [2.75, 3.05) is 5.73 Å². The molecule has 0 aliphatic rings. The molecule has 2 aromatic rings. The standard InChI is InChI=1S/C5H5N5O.2Na/c6-5-9-3-2(4(11)10-5)7-1-8-3;;/h1H,(H4,6,7,8,9,10,11);;. The van der Waals surface area contributed by atoms with Crippen LogP contribution in [0.4, 0.5) is 5.95 Å². The molecule has 0 unspecified atom stereocenters. The smallest absolute Gasteiger partial charge is 0.278 e. The molecule has 0 aliphatic heterocycles. The second kappa shape index (κ2) is 5.14. The van der Waals surface area contributed by atoms with Gasteiger partial charge in [0.05, 0.1) is 6.33 Å². The summed E-state index contributed by atoms with van der Waals surface area (Å²) in [5.41, 5.74) is 5.65. The monoisotopic (exact) mass is 197 g/mol. The van der Waals surface area contributed by atoms with E-state index in [4.69, 9.17) is 5.73 Å². The number of hydrogen-bond donors (Lipinski definition) is 3. The maximum atomic E-state index is 11.0. The summed E-state index contributed by atoms with van der Waals surface area (Å²) in [7, 11) is 0. The van der Waals surface area contributed by atoms with E-state index in [0.717, 1.165) is 0 Å². The molecule has 2 heterocycles. The van der Waals surface area contributed by atoms with Crippen molar-refractivity contribution in [3.63, 3.8) is 0 Å². The Morgan fingerprint density at radius 2 is 2.08 bits per heavy atom. The number of imidazole rings is 1. The van der Waals surface area contributed by atoms with Gasteiger partial charge in [-0.2, -0.15) is 4.98 Å². The second-order valence-corrected chi connectivity index (χ2v) is 2.05. The molecule has 8 heteroatoms. The molecule has 0 saturated heterocycles. The van der Waals surface area contributed by atoms with Crippen molar-refractivity contribution in [1.29, 1.82) is 0 Å². The van der Waals surface area contributed by atoms with Crippen LogP contribution in [0.1, 0.15) is 0 Å². The quantitative estimate of drug-likeness (QED) is 0.446. The van der Waals surface area contributed by atoms with Gasteiger partial charge >= 0.3 is 0 Å². The molecule has 0 saturated carbocycles. The molecule has 2 aromatic heterocycles. The van der Waals surface area contributed by atoms with E-state index in [2.05, 4.69) is 19.9 Å². The van der Waals surface area contributed by atoms with Crippen molar-refractivity contribution in [1.82, 2.24) is 19.9 Å². The minimum absolute atomic E-state index is 0. The van der Waals surface area contributed by atoms with Gasteiger partial charge in [-0.25, -0.2) is 4.98 Å². The van der Waals surface area contributed by atoms with Gasteiger partial charge in [0.25, 0.3) is 5.56 Å². The number of nitrogen functional groups attached to an aromatic ring is 1. The first-order valence-electron chi connectivity index (χ1n) is 2.96. The fourth-order valence-electron chi connectivity index (χ4n) is 0.860. The summed E-state index contributed by atoms with van der Waals surface area (Å²) < 4.78 is 0. The van der Waals surface area contributed by atoms with Gasteiger partial charge in [-0.1, -0.05) is 0 Å². The van der Waals surface area contributed by atoms with Crippen molar-refractivity contribution >= 4 is 76.2 Å². The molecule has 0 bridgehead atoms. The van der Waals surface area contributed by atoms with Crippen molar-refractivity contribution in [3.8, 4) is 0 Å². The fourth-order valence-corrected chi connectivity index (χ4v) is 0.860. The molecule has 58 valence electrons. The maximum Gasteiger partial charge on any atom is 0.278 e. The van der Waals surface area contributed by atoms with Gasteiger partial charge in [0, 0.05) is 59.1 Å². The third-order valence-corrected chi connectivity index (χ3v) is 1.31. The summed E-state index contributed by atoms with van der Waals surface area (Å²) in [6.07, 6.45) is 1.40. The average Bonchev–Trinajstić information content (AvgIpc) is 2.34. The molecule has 2 rings (SSSR count). The van der Waals surface area contributed by atoms with E-state index in [0.29, 0.717) is 11.2 Å². The first-order valence-corrected chi connectivity index (χ1v) is 2.96. The Labute approximate surface area is 117 Å². The van der Waals surface area contributed by atoms with Crippen LogP contribution in [0.2, 0.25) is 0 Å². The zero-order chi connectivity index (χ0) is 7.84. The van der Waals surface area contributed by atoms with Crippen molar-refractivity contribution in [3.05, 3.63) is 16.7 Å². The van der Waals surface area contributed by atoms with Gasteiger partial charge in [-0.15, -0.1) is 0 Å². The van der Waals surface area contributed by atoms with Crippen LogP contribution >= 0.6 is 0 Å². The Balaban J connectivity index is 0.000000720. The molecule has 0 atom stereocenters. The Morgan fingerprint density at radius 3 is 2.77 bits per heavy atom. The molecule has 0 fully saturated rings. The van der Waals surface area contributed by atoms with Gasteiger partial charge < -0.3 is 10.7 Å². The van der Waals surface area contributed by atoms with Gasteiger partial charge in [0.2, 0.25) is 5.95 Å². The summed E-state index contributed by atoms with van der Waals surface area (Å²) in [5.74, 6) is 0.0783. The van der Waals surface area contributed by atoms with Gasteiger partial charge in [0.15, 0.2) is 11.2 Å². The van der Waals surface area contributed by atoms with Gasteiger partial charge in [-0.05, 0) is 0 Å². The van der Waals surface area contributed by atoms with Crippen LogP contribution in [0, 0.1) is 0 Å².